The van der Waals surface area contributed by atoms with Crippen molar-refractivity contribution in [3.05, 3.63) is 99.5 Å². The Bertz CT molecular complexity index is 1390. The fourth-order valence-electron chi connectivity index (χ4n) is 5.49. The molecular formula is C36H42Cl2N2O4. The van der Waals surface area contributed by atoms with Gasteiger partial charge in [-0.1, -0.05) is 85.6 Å². The summed E-state index contributed by atoms with van der Waals surface area (Å²) in [5.41, 5.74) is 3.04. The second kappa shape index (κ2) is 16.6. The molecule has 1 aliphatic heterocycles. The van der Waals surface area contributed by atoms with E-state index in [1.54, 1.807) is 12.1 Å². The number of hydrogen-bond donors (Lipinski definition) is 1. The number of hydrogen-bond acceptors (Lipinski definition) is 4. The molecule has 8 heteroatoms. The third-order valence-corrected chi connectivity index (χ3v) is 8.74. The van der Waals surface area contributed by atoms with Gasteiger partial charge in [0.05, 0.1) is 16.1 Å². The quantitative estimate of drug-likeness (QED) is 0.199. The molecule has 6 nitrogen and oxygen atoms in total. The van der Waals surface area contributed by atoms with Gasteiger partial charge in [-0.05, 0) is 78.5 Å². The Morgan fingerprint density at radius 1 is 0.886 bits per heavy atom. The van der Waals surface area contributed by atoms with Crippen LogP contribution < -0.4 is 10.1 Å². The van der Waals surface area contributed by atoms with E-state index >= 15 is 0 Å². The predicted molar refractivity (Wildman–Crippen MR) is 176 cm³/mol. The van der Waals surface area contributed by atoms with Crippen LogP contribution >= 0.6 is 23.2 Å². The van der Waals surface area contributed by atoms with E-state index in [0.717, 1.165) is 35.3 Å². The monoisotopic (exact) mass is 636 g/mol. The van der Waals surface area contributed by atoms with E-state index in [4.69, 9.17) is 27.9 Å². The van der Waals surface area contributed by atoms with Crippen molar-refractivity contribution in [3.8, 4) is 5.75 Å². The number of likely N-dealkylation sites (tertiary alicyclic amines) is 1. The molecule has 0 bridgehead atoms. The Hall–Kier alpha value is -3.35. The summed E-state index contributed by atoms with van der Waals surface area (Å²) in [7, 11) is 0. The lowest BCUT2D eigenvalue weighted by Gasteiger charge is -2.32. The smallest absolute Gasteiger partial charge is 0.222 e. The number of Topliss-reactive ketones (excluding diaryl/α,β-unsaturated/α-hetero) is 1. The summed E-state index contributed by atoms with van der Waals surface area (Å²) in [5, 5.41) is 4.03. The molecule has 0 saturated carbocycles. The van der Waals surface area contributed by atoms with E-state index in [1.165, 1.54) is 0 Å². The molecule has 1 saturated heterocycles. The summed E-state index contributed by atoms with van der Waals surface area (Å²) in [5.74, 6) is 1.17. The zero-order valence-corrected chi connectivity index (χ0v) is 27.1. The lowest BCUT2D eigenvalue weighted by molar-refractivity contribution is -0.133. The highest BCUT2D eigenvalue weighted by Gasteiger charge is 2.27. The van der Waals surface area contributed by atoms with E-state index in [1.807, 2.05) is 79.4 Å². The van der Waals surface area contributed by atoms with Crippen LogP contribution in [0.3, 0.4) is 0 Å². The maximum absolute atomic E-state index is 13.1. The van der Waals surface area contributed by atoms with Crippen molar-refractivity contribution in [3.63, 3.8) is 0 Å². The summed E-state index contributed by atoms with van der Waals surface area (Å²) in [6.07, 6.45) is 3.73. The number of benzene rings is 3. The fraction of sp³-hybridized carbons (Fsp3) is 0.417. The summed E-state index contributed by atoms with van der Waals surface area (Å²) < 4.78 is 5.90. The molecule has 3 aromatic carbocycles. The maximum Gasteiger partial charge on any atom is 0.222 e. The molecule has 1 heterocycles. The average molecular weight is 638 g/mol. The molecule has 1 fully saturated rings. The molecule has 1 aliphatic rings. The van der Waals surface area contributed by atoms with Gasteiger partial charge in [0.15, 0.2) is 5.78 Å². The van der Waals surface area contributed by atoms with Crippen LogP contribution in [0.5, 0.6) is 5.75 Å². The molecule has 2 amide bonds. The van der Waals surface area contributed by atoms with Gasteiger partial charge in [-0.15, -0.1) is 0 Å². The van der Waals surface area contributed by atoms with Crippen LogP contribution in [0, 0.1) is 11.8 Å². The van der Waals surface area contributed by atoms with Gasteiger partial charge in [-0.2, -0.15) is 0 Å². The number of ketones is 1. The van der Waals surface area contributed by atoms with E-state index in [0.29, 0.717) is 61.8 Å². The van der Waals surface area contributed by atoms with Gasteiger partial charge >= 0.3 is 0 Å². The first-order valence-electron chi connectivity index (χ1n) is 15.5. The molecule has 44 heavy (non-hydrogen) atoms. The van der Waals surface area contributed by atoms with Gasteiger partial charge in [0, 0.05) is 32.4 Å². The number of aryl methyl sites for hydroxylation is 1. The fourth-order valence-corrected chi connectivity index (χ4v) is 5.82. The van der Waals surface area contributed by atoms with Crippen molar-refractivity contribution in [2.75, 3.05) is 13.1 Å². The minimum atomic E-state index is -0.580. The predicted octanol–water partition coefficient (Wildman–Crippen LogP) is 7.48. The standard InChI is InChI=1S/C36H42Cl2N2O4/c1-25(2)20-34(41)33(22-27-8-12-30(13-9-27)44-24-29-6-4-3-5-7-29)39-35(42)23-28-16-18-40(19-17-28)36(43)15-11-26-10-14-31(37)32(38)21-26/h3-10,12-14,21,25,28,33H,11,15-20,22-24H2,1-2H3,(H,39,42)/t33-/m0/s1. The van der Waals surface area contributed by atoms with Crippen molar-refractivity contribution in [1.29, 1.82) is 0 Å². The molecular weight excluding hydrogens is 595 g/mol. The Balaban J connectivity index is 1.24. The lowest BCUT2D eigenvalue weighted by atomic mass is 9.92. The second-order valence-corrected chi connectivity index (χ2v) is 12.9. The van der Waals surface area contributed by atoms with Gasteiger partial charge in [0.2, 0.25) is 11.8 Å². The normalized spacial score (nSPS) is 14.3. The molecule has 0 unspecified atom stereocenters. The average Bonchev–Trinajstić information content (AvgIpc) is 3.01. The number of rotatable bonds is 14. The third kappa shape index (κ3) is 10.7. The van der Waals surface area contributed by atoms with Crippen LogP contribution in [-0.4, -0.2) is 41.6 Å². The molecule has 3 aromatic rings. The Morgan fingerprint density at radius 2 is 1.57 bits per heavy atom. The highest BCUT2D eigenvalue weighted by Crippen LogP contribution is 2.25. The van der Waals surface area contributed by atoms with E-state index in [-0.39, 0.29) is 29.4 Å². The largest absolute Gasteiger partial charge is 0.489 e. The van der Waals surface area contributed by atoms with Crippen LogP contribution in [0.1, 0.15) is 62.6 Å². The van der Waals surface area contributed by atoms with Gasteiger partial charge in [0.1, 0.15) is 12.4 Å². The number of nitrogens with one attached hydrogen (secondary N) is 1. The van der Waals surface area contributed by atoms with Gasteiger partial charge < -0.3 is 15.0 Å². The number of carbonyl (C=O) groups excluding carboxylic acids is 3. The summed E-state index contributed by atoms with van der Waals surface area (Å²) >= 11 is 12.1. The molecule has 0 spiro atoms. The Labute approximate surface area is 271 Å². The van der Waals surface area contributed by atoms with Crippen LogP contribution in [0.2, 0.25) is 10.0 Å². The molecule has 1 N–H and O–H groups in total. The topological polar surface area (TPSA) is 75.7 Å². The number of piperidine rings is 1. The lowest BCUT2D eigenvalue weighted by Crippen LogP contribution is -2.44. The van der Waals surface area contributed by atoms with Crippen molar-refractivity contribution in [2.45, 2.75) is 71.4 Å². The van der Waals surface area contributed by atoms with Crippen molar-refractivity contribution >= 4 is 40.8 Å². The molecule has 0 radical (unpaired) electrons. The highest BCUT2D eigenvalue weighted by atomic mass is 35.5. The molecule has 4 rings (SSSR count). The number of amides is 2. The van der Waals surface area contributed by atoms with E-state index in [2.05, 4.69) is 5.32 Å². The molecule has 0 aliphatic carbocycles. The van der Waals surface area contributed by atoms with E-state index < -0.39 is 6.04 Å². The number of halogens is 2. The van der Waals surface area contributed by atoms with Crippen LogP contribution in [-0.2, 0) is 33.8 Å². The number of ether oxygens (including phenoxy) is 1. The van der Waals surface area contributed by atoms with Crippen molar-refractivity contribution in [2.24, 2.45) is 11.8 Å². The number of nitrogens with zero attached hydrogens (tertiary/aromatic N) is 1. The zero-order valence-electron chi connectivity index (χ0n) is 25.6. The van der Waals surface area contributed by atoms with Crippen molar-refractivity contribution < 1.29 is 19.1 Å². The zero-order chi connectivity index (χ0) is 31.5. The maximum atomic E-state index is 13.1. The first kappa shape index (κ1) is 33.5. The van der Waals surface area contributed by atoms with Crippen molar-refractivity contribution in [1.82, 2.24) is 10.2 Å². The Kier molecular flexibility index (Phi) is 12.7. The van der Waals surface area contributed by atoms with Gasteiger partial charge in [-0.3, -0.25) is 14.4 Å². The highest BCUT2D eigenvalue weighted by molar-refractivity contribution is 6.42. The van der Waals surface area contributed by atoms with Crippen LogP contribution in [0.15, 0.2) is 72.8 Å². The van der Waals surface area contributed by atoms with Gasteiger partial charge in [0.25, 0.3) is 0 Å². The molecule has 1 atom stereocenters. The van der Waals surface area contributed by atoms with Crippen LogP contribution in [0.4, 0.5) is 0 Å². The molecule has 234 valence electrons. The first-order chi connectivity index (χ1) is 21.2. The summed E-state index contributed by atoms with van der Waals surface area (Å²) in [6, 6.07) is 22.6. The third-order valence-electron chi connectivity index (χ3n) is 8.00. The first-order valence-corrected chi connectivity index (χ1v) is 16.2. The minimum absolute atomic E-state index is 0.0418. The summed E-state index contributed by atoms with van der Waals surface area (Å²) in [4.78, 5) is 40.9. The minimum Gasteiger partial charge on any atom is -0.489 e. The second-order valence-electron chi connectivity index (χ2n) is 12.1. The summed E-state index contributed by atoms with van der Waals surface area (Å²) in [6.45, 7) is 5.77. The SMILES string of the molecule is CC(C)CC(=O)[C@H](Cc1ccc(OCc2ccccc2)cc1)NC(=O)CC1CCN(C(=O)CCc2ccc(Cl)c(Cl)c2)CC1. The Morgan fingerprint density at radius 3 is 2.23 bits per heavy atom. The molecule has 0 aromatic heterocycles. The number of carbonyl (C=O) groups is 3. The van der Waals surface area contributed by atoms with Crippen LogP contribution in [0.25, 0.3) is 0 Å². The van der Waals surface area contributed by atoms with Gasteiger partial charge in [-0.25, -0.2) is 0 Å². The van der Waals surface area contributed by atoms with E-state index in [9.17, 15) is 14.4 Å².